The van der Waals surface area contributed by atoms with Crippen LogP contribution in [-0.2, 0) is 0 Å². The van der Waals surface area contributed by atoms with Crippen molar-refractivity contribution in [2.24, 2.45) is 0 Å². The molecule has 6 heteroatoms. The molecule has 0 saturated heterocycles. The lowest BCUT2D eigenvalue weighted by Crippen LogP contribution is -2.21. The normalized spacial score (nSPS) is 12.1. The van der Waals surface area contributed by atoms with E-state index in [1.165, 1.54) is 53.9 Å². The highest BCUT2D eigenvalue weighted by molar-refractivity contribution is 6.18. The molecular weight excluding hydrogens is 1070 g/mol. The number of hydrogen-bond donors (Lipinski definition) is 0. The molecule has 0 radical (unpaired) electrons. The minimum absolute atomic E-state index is 0.999. The van der Waals surface area contributed by atoms with Crippen molar-refractivity contribution in [2.75, 3.05) is 0 Å². The summed E-state index contributed by atoms with van der Waals surface area (Å²) in [4.78, 5) is 0. The predicted octanol–water partition coefficient (Wildman–Crippen LogP) is 21.3. The fourth-order valence-electron chi connectivity index (χ4n) is 15.1. The van der Waals surface area contributed by atoms with Crippen molar-refractivity contribution in [1.29, 1.82) is 0 Å². The van der Waals surface area contributed by atoms with Gasteiger partial charge in [0.2, 0.25) is 0 Å². The smallest absolute Gasteiger partial charge is 0.0992 e. The first-order valence-electron chi connectivity index (χ1n) is 30.3. The van der Waals surface area contributed by atoms with Gasteiger partial charge in [-0.2, -0.15) is 0 Å². The third kappa shape index (κ3) is 6.71. The monoisotopic (exact) mass is 1120 g/mol. The van der Waals surface area contributed by atoms with Gasteiger partial charge in [-0.05, 0) is 83.9 Å². The van der Waals surface area contributed by atoms with Gasteiger partial charge in [0.25, 0.3) is 0 Å². The zero-order chi connectivity index (χ0) is 57.6. The van der Waals surface area contributed by atoms with Gasteiger partial charge in [0.05, 0.1) is 101 Å². The highest BCUT2D eigenvalue weighted by Crippen LogP contribution is 2.54. The fourth-order valence-corrected chi connectivity index (χ4v) is 15.1. The van der Waals surface area contributed by atoms with Gasteiger partial charge in [-0.25, -0.2) is 0 Å². The van der Waals surface area contributed by atoms with Crippen molar-refractivity contribution in [3.8, 4) is 56.6 Å². The van der Waals surface area contributed by atoms with Gasteiger partial charge in [-0.1, -0.05) is 243 Å². The summed E-state index contributed by atoms with van der Waals surface area (Å²) in [5.74, 6) is 0. The molecule has 0 N–H and O–H groups in total. The Kier molecular flexibility index (Phi) is 10.4. The van der Waals surface area contributed by atoms with Crippen LogP contribution in [0.3, 0.4) is 0 Å². The zero-order valence-corrected chi connectivity index (χ0v) is 47.7. The van der Waals surface area contributed by atoms with Gasteiger partial charge in [-0.15, -0.1) is 0 Å². The molecule has 0 spiro atoms. The molecule has 0 atom stereocenters. The van der Waals surface area contributed by atoms with Crippen LogP contribution in [0.1, 0.15) is 0 Å². The van der Waals surface area contributed by atoms with Crippen molar-refractivity contribution in [3.63, 3.8) is 0 Å². The second-order valence-corrected chi connectivity index (χ2v) is 23.1. The van der Waals surface area contributed by atoms with E-state index in [0.29, 0.717) is 0 Å². The average molecular weight is 1120 g/mol. The summed E-state index contributed by atoms with van der Waals surface area (Å²) in [7, 11) is 0. The molecule has 0 bridgehead atoms. The summed E-state index contributed by atoms with van der Waals surface area (Å²) >= 11 is 0. The Morgan fingerprint density at radius 3 is 0.455 bits per heavy atom. The Hall–Kier alpha value is -11.9. The minimum atomic E-state index is 0.999. The molecule has 19 rings (SSSR count). The molecule has 0 aliphatic carbocycles. The first-order valence-corrected chi connectivity index (χ1v) is 30.3. The van der Waals surface area contributed by atoms with Gasteiger partial charge in [0, 0.05) is 53.9 Å². The fraction of sp³-hybridized carbons (Fsp3) is 0. The third-order valence-electron chi connectivity index (χ3n) is 18.6. The topological polar surface area (TPSA) is 29.6 Å². The summed E-state index contributed by atoms with van der Waals surface area (Å²) < 4.78 is 15.8. The van der Waals surface area contributed by atoms with E-state index in [0.717, 1.165) is 112 Å². The molecule has 0 unspecified atom stereocenters. The summed E-state index contributed by atoms with van der Waals surface area (Å²) in [6.45, 7) is 0. The predicted molar refractivity (Wildman–Crippen MR) is 368 cm³/mol. The molecule has 410 valence electrons. The SMILES string of the molecule is c1ccc(-c2ccc(-c3ccccc3)n2-c2c(-n3c4ccccc4c4ccccc43)c(-n3c4ccccc4c4ccccc43)c(-n3c4ccccc4c4ccccc43)c(-n3c4ccccc4c4ccccc43)c2-n2c3ccccc3c3ccccc32)cc1. The lowest BCUT2D eigenvalue weighted by Gasteiger charge is -2.33. The maximum atomic E-state index is 2.63. The van der Waals surface area contributed by atoms with Crippen LogP contribution < -0.4 is 0 Å². The molecular formula is C82H52N6. The van der Waals surface area contributed by atoms with Crippen LogP contribution in [0.15, 0.2) is 315 Å². The van der Waals surface area contributed by atoms with Crippen LogP contribution in [0.4, 0.5) is 0 Å². The van der Waals surface area contributed by atoms with Crippen molar-refractivity contribution in [3.05, 3.63) is 315 Å². The van der Waals surface area contributed by atoms with Gasteiger partial charge >= 0.3 is 0 Å². The molecule has 0 saturated carbocycles. The first-order chi connectivity index (χ1) is 43.8. The molecule has 88 heavy (non-hydrogen) atoms. The Morgan fingerprint density at radius 1 is 0.125 bits per heavy atom. The van der Waals surface area contributed by atoms with E-state index in [1.807, 2.05) is 0 Å². The van der Waals surface area contributed by atoms with Crippen LogP contribution in [0.25, 0.3) is 166 Å². The molecule has 0 aliphatic rings. The highest BCUT2D eigenvalue weighted by Gasteiger charge is 2.38. The molecule has 19 aromatic rings. The zero-order valence-electron chi connectivity index (χ0n) is 47.7. The number of para-hydroxylation sites is 10. The van der Waals surface area contributed by atoms with E-state index in [4.69, 9.17) is 0 Å². The average Bonchev–Trinajstić information content (AvgIpc) is 1.39. The van der Waals surface area contributed by atoms with Crippen LogP contribution in [0.5, 0.6) is 0 Å². The van der Waals surface area contributed by atoms with E-state index < -0.39 is 0 Å². The summed E-state index contributed by atoms with van der Waals surface area (Å²) in [5.41, 5.74) is 21.3. The van der Waals surface area contributed by atoms with Gasteiger partial charge in [0.15, 0.2) is 0 Å². The van der Waals surface area contributed by atoms with Crippen LogP contribution in [0, 0.1) is 0 Å². The number of nitrogens with zero attached hydrogens (tertiary/aromatic N) is 6. The quantitative estimate of drug-likeness (QED) is 0.145. The van der Waals surface area contributed by atoms with E-state index >= 15 is 0 Å². The van der Waals surface area contributed by atoms with Gasteiger partial charge < -0.3 is 27.4 Å². The third-order valence-corrected chi connectivity index (χ3v) is 18.6. The summed E-state index contributed by atoms with van der Waals surface area (Å²) in [6, 6.07) is 117. The Balaban J connectivity index is 1.24. The van der Waals surface area contributed by atoms with Crippen molar-refractivity contribution in [2.45, 2.75) is 0 Å². The molecule has 0 aliphatic heterocycles. The lowest BCUT2D eigenvalue weighted by molar-refractivity contribution is 0.957. The van der Waals surface area contributed by atoms with Gasteiger partial charge in [-0.3, -0.25) is 0 Å². The molecule has 0 amide bonds. The number of hydrogen-bond acceptors (Lipinski definition) is 0. The number of benzene rings is 13. The maximum absolute atomic E-state index is 2.63. The van der Waals surface area contributed by atoms with E-state index in [1.54, 1.807) is 0 Å². The van der Waals surface area contributed by atoms with Crippen LogP contribution in [0.2, 0.25) is 0 Å². The Labute approximate surface area is 505 Å². The maximum Gasteiger partial charge on any atom is 0.0992 e. The summed E-state index contributed by atoms with van der Waals surface area (Å²) in [5, 5.41) is 11.7. The number of fused-ring (bicyclic) bond motifs is 15. The highest BCUT2D eigenvalue weighted by atomic mass is 15.2. The van der Waals surface area contributed by atoms with E-state index in [2.05, 4.69) is 343 Å². The van der Waals surface area contributed by atoms with Crippen LogP contribution >= 0.6 is 0 Å². The minimum Gasteiger partial charge on any atom is -0.305 e. The molecule has 6 heterocycles. The van der Waals surface area contributed by atoms with E-state index in [9.17, 15) is 0 Å². The van der Waals surface area contributed by atoms with Gasteiger partial charge in [0.1, 0.15) is 0 Å². The van der Waals surface area contributed by atoms with Crippen molar-refractivity contribution >= 4 is 109 Å². The molecule has 13 aromatic carbocycles. The first kappa shape index (κ1) is 48.5. The Morgan fingerprint density at radius 2 is 0.273 bits per heavy atom. The molecule has 6 nitrogen and oxygen atoms in total. The number of aromatic nitrogens is 6. The van der Waals surface area contributed by atoms with Crippen molar-refractivity contribution in [1.82, 2.24) is 27.4 Å². The lowest BCUT2D eigenvalue weighted by atomic mass is 10.0. The number of rotatable bonds is 8. The standard InChI is InChI=1S/C82H52N6/c1-3-27-53(28-4-1)65-51-52-66(54-29-5-2-6-30-54)83(65)77-78(84-67-41-17-7-31-55(67)56-32-8-18-42-68(56)84)80(86-71-45-21-11-35-59(71)60-36-12-22-46-72(60)86)82(88-75-49-25-15-39-63(75)64-40-16-26-50-76(64)88)81(87-73-47-23-13-37-61(73)62-38-14-24-48-74(62)87)79(77)85-69-43-19-9-33-57(69)58-34-10-20-44-70(58)85/h1-52H. The van der Waals surface area contributed by atoms with Crippen LogP contribution in [-0.4, -0.2) is 27.4 Å². The molecule has 6 aromatic heterocycles. The Bertz CT molecular complexity index is 5480. The second-order valence-electron chi connectivity index (χ2n) is 23.1. The molecule has 0 fully saturated rings. The van der Waals surface area contributed by atoms with Crippen molar-refractivity contribution < 1.29 is 0 Å². The largest absolute Gasteiger partial charge is 0.305 e. The van der Waals surface area contributed by atoms with E-state index in [-0.39, 0.29) is 0 Å². The second kappa shape index (κ2) is 18.8. The summed E-state index contributed by atoms with van der Waals surface area (Å²) in [6.07, 6.45) is 0.